The van der Waals surface area contributed by atoms with Gasteiger partial charge in [0, 0.05) is 8.96 Å². The van der Waals surface area contributed by atoms with Gasteiger partial charge in [-0.15, -0.1) is 0 Å². The summed E-state index contributed by atoms with van der Waals surface area (Å²) in [5, 5.41) is 1.10. The summed E-state index contributed by atoms with van der Waals surface area (Å²) in [6.45, 7) is 0. The van der Waals surface area contributed by atoms with Gasteiger partial charge >= 0.3 is 0 Å². The summed E-state index contributed by atoms with van der Waals surface area (Å²) in [5.41, 5.74) is 5.67. The van der Waals surface area contributed by atoms with Crippen LogP contribution >= 0.6 is 34.1 Å². The molecular formula is C7H5IN2S. The van der Waals surface area contributed by atoms with Crippen molar-refractivity contribution < 1.29 is 0 Å². The number of rotatable bonds is 0. The lowest BCUT2D eigenvalue weighted by Gasteiger charge is -1.91. The maximum Gasteiger partial charge on any atom is 0.146 e. The van der Waals surface area contributed by atoms with Crippen LogP contribution in [0.25, 0.3) is 10.1 Å². The first-order valence-electron chi connectivity index (χ1n) is 3.08. The van der Waals surface area contributed by atoms with Gasteiger partial charge in [-0.3, -0.25) is 0 Å². The number of aromatic nitrogens is 1. The van der Waals surface area contributed by atoms with E-state index < -0.39 is 0 Å². The summed E-state index contributed by atoms with van der Waals surface area (Å²) in [7, 11) is 0. The van der Waals surface area contributed by atoms with Gasteiger partial charge in [0.1, 0.15) is 5.82 Å². The van der Waals surface area contributed by atoms with Crippen molar-refractivity contribution in [3.8, 4) is 0 Å². The highest BCUT2D eigenvalue weighted by Crippen LogP contribution is 2.28. The van der Waals surface area contributed by atoms with Gasteiger partial charge in [0.2, 0.25) is 0 Å². The van der Waals surface area contributed by atoms with Crippen LogP contribution in [-0.2, 0) is 0 Å². The molecule has 1 heterocycles. The Morgan fingerprint density at radius 2 is 2.27 bits per heavy atom. The zero-order valence-electron chi connectivity index (χ0n) is 5.54. The Hall–Kier alpha value is -0.360. The maximum atomic E-state index is 5.67. The maximum absolute atomic E-state index is 5.67. The first-order chi connectivity index (χ1) is 5.29. The average Bonchev–Trinajstić information content (AvgIpc) is 2.34. The third kappa shape index (κ3) is 1.10. The van der Waals surface area contributed by atoms with Gasteiger partial charge in [-0.2, -0.15) is 4.37 Å². The Labute approximate surface area is 81.7 Å². The van der Waals surface area contributed by atoms with Crippen molar-refractivity contribution in [3.05, 3.63) is 21.8 Å². The van der Waals surface area contributed by atoms with E-state index in [2.05, 4.69) is 27.0 Å². The zero-order valence-corrected chi connectivity index (χ0v) is 8.52. The van der Waals surface area contributed by atoms with Crippen LogP contribution in [0.15, 0.2) is 18.2 Å². The minimum atomic E-state index is 0.648. The lowest BCUT2D eigenvalue weighted by molar-refractivity contribution is 1.58. The van der Waals surface area contributed by atoms with Crippen molar-refractivity contribution in [1.29, 1.82) is 0 Å². The Morgan fingerprint density at radius 3 is 3.00 bits per heavy atom. The molecule has 0 unspecified atom stereocenters. The number of anilines is 1. The quantitative estimate of drug-likeness (QED) is 0.751. The number of fused-ring (bicyclic) bond motifs is 1. The first kappa shape index (κ1) is 7.30. The second kappa shape index (κ2) is 2.60. The van der Waals surface area contributed by atoms with Gasteiger partial charge < -0.3 is 5.73 Å². The van der Waals surface area contributed by atoms with Crippen LogP contribution < -0.4 is 5.73 Å². The number of nitrogens with two attached hydrogens (primary N) is 1. The van der Waals surface area contributed by atoms with E-state index in [-0.39, 0.29) is 0 Å². The van der Waals surface area contributed by atoms with Crippen molar-refractivity contribution in [3.63, 3.8) is 0 Å². The molecule has 0 spiro atoms. The molecule has 0 saturated heterocycles. The molecule has 2 N–H and O–H groups in total. The smallest absolute Gasteiger partial charge is 0.146 e. The van der Waals surface area contributed by atoms with Crippen LogP contribution in [0.4, 0.5) is 5.82 Å². The second-order valence-electron chi connectivity index (χ2n) is 2.18. The van der Waals surface area contributed by atoms with Crippen LogP contribution in [0.1, 0.15) is 0 Å². The molecule has 2 nitrogen and oxygen atoms in total. The molecule has 11 heavy (non-hydrogen) atoms. The molecule has 0 bridgehead atoms. The molecule has 1 aromatic carbocycles. The number of nitrogens with zero attached hydrogens (tertiary/aromatic N) is 1. The van der Waals surface area contributed by atoms with Crippen LogP contribution in [0, 0.1) is 3.57 Å². The molecule has 0 aliphatic rings. The van der Waals surface area contributed by atoms with Crippen LogP contribution in [0.3, 0.4) is 0 Å². The fourth-order valence-corrected chi connectivity index (χ4v) is 2.66. The molecule has 0 radical (unpaired) electrons. The number of nitrogen functional groups attached to an aromatic ring is 1. The Bertz CT molecular complexity index is 396. The van der Waals surface area contributed by atoms with Gasteiger partial charge in [0.05, 0.1) is 4.70 Å². The molecule has 0 atom stereocenters. The molecule has 2 rings (SSSR count). The van der Waals surface area contributed by atoms with Crippen molar-refractivity contribution >= 4 is 50.0 Å². The molecular weight excluding hydrogens is 271 g/mol. The summed E-state index contributed by atoms with van der Waals surface area (Å²) in [6, 6.07) is 6.08. The third-order valence-corrected chi connectivity index (χ3v) is 3.20. The van der Waals surface area contributed by atoms with E-state index in [1.165, 1.54) is 15.1 Å². The summed E-state index contributed by atoms with van der Waals surface area (Å²) >= 11 is 3.72. The van der Waals surface area contributed by atoms with E-state index in [1.807, 2.05) is 18.2 Å². The highest BCUT2D eigenvalue weighted by atomic mass is 127. The summed E-state index contributed by atoms with van der Waals surface area (Å²) < 4.78 is 6.41. The molecule has 2 aromatic rings. The standard InChI is InChI=1S/C7H5IN2S/c8-4-2-1-3-5-6(4)7(9)10-11-5/h1-3H,(H2,9,10). The Balaban J connectivity index is 2.96. The van der Waals surface area contributed by atoms with Crippen molar-refractivity contribution in [2.45, 2.75) is 0 Å². The highest BCUT2D eigenvalue weighted by Gasteiger charge is 2.04. The predicted octanol–water partition coefficient (Wildman–Crippen LogP) is 2.48. The molecule has 0 amide bonds. The van der Waals surface area contributed by atoms with Crippen LogP contribution in [0.5, 0.6) is 0 Å². The largest absolute Gasteiger partial charge is 0.382 e. The molecule has 56 valence electrons. The normalized spacial score (nSPS) is 10.6. The molecule has 0 fully saturated rings. The minimum absolute atomic E-state index is 0.648. The fourth-order valence-electron chi connectivity index (χ4n) is 0.973. The van der Waals surface area contributed by atoms with E-state index >= 15 is 0 Å². The zero-order chi connectivity index (χ0) is 7.84. The SMILES string of the molecule is Nc1nsc2cccc(I)c12. The van der Waals surface area contributed by atoms with Gasteiger partial charge in [-0.25, -0.2) is 0 Å². The summed E-state index contributed by atoms with van der Waals surface area (Å²) in [4.78, 5) is 0. The Morgan fingerprint density at radius 1 is 1.45 bits per heavy atom. The van der Waals surface area contributed by atoms with Crippen molar-refractivity contribution in [2.24, 2.45) is 0 Å². The Kier molecular flexibility index (Phi) is 1.72. The van der Waals surface area contributed by atoms with Gasteiger partial charge in [-0.05, 0) is 46.3 Å². The van der Waals surface area contributed by atoms with E-state index in [0.29, 0.717) is 5.82 Å². The van der Waals surface area contributed by atoms with E-state index in [1.54, 1.807) is 0 Å². The molecule has 0 saturated carbocycles. The molecule has 0 aliphatic carbocycles. The number of halogens is 1. The summed E-state index contributed by atoms with van der Waals surface area (Å²) in [5.74, 6) is 0.648. The van der Waals surface area contributed by atoms with Gasteiger partial charge in [0.25, 0.3) is 0 Å². The predicted molar refractivity (Wildman–Crippen MR) is 56.7 cm³/mol. The van der Waals surface area contributed by atoms with E-state index in [0.717, 1.165) is 10.1 Å². The van der Waals surface area contributed by atoms with Crippen molar-refractivity contribution in [2.75, 3.05) is 5.73 Å². The van der Waals surface area contributed by atoms with Crippen LogP contribution in [-0.4, -0.2) is 4.37 Å². The third-order valence-electron chi connectivity index (χ3n) is 1.47. The van der Waals surface area contributed by atoms with Gasteiger partial charge in [0.15, 0.2) is 0 Å². The average molecular weight is 276 g/mol. The van der Waals surface area contributed by atoms with E-state index in [4.69, 9.17) is 5.73 Å². The summed E-state index contributed by atoms with van der Waals surface area (Å²) in [6.07, 6.45) is 0. The number of benzene rings is 1. The monoisotopic (exact) mass is 276 g/mol. The van der Waals surface area contributed by atoms with Crippen LogP contribution in [0.2, 0.25) is 0 Å². The number of hydrogen-bond donors (Lipinski definition) is 1. The topological polar surface area (TPSA) is 38.9 Å². The minimum Gasteiger partial charge on any atom is -0.382 e. The molecule has 4 heteroatoms. The fraction of sp³-hybridized carbons (Fsp3) is 0. The lowest BCUT2D eigenvalue weighted by Crippen LogP contribution is -1.84. The second-order valence-corrected chi connectivity index (χ2v) is 4.15. The highest BCUT2D eigenvalue weighted by molar-refractivity contribution is 14.1. The molecule has 1 aromatic heterocycles. The van der Waals surface area contributed by atoms with Gasteiger partial charge in [-0.1, -0.05) is 6.07 Å². The molecule has 0 aliphatic heterocycles. The van der Waals surface area contributed by atoms with Crippen molar-refractivity contribution in [1.82, 2.24) is 4.37 Å². The lowest BCUT2D eigenvalue weighted by atomic mass is 10.3. The number of hydrogen-bond acceptors (Lipinski definition) is 3. The first-order valence-corrected chi connectivity index (χ1v) is 4.93. The van der Waals surface area contributed by atoms with E-state index in [9.17, 15) is 0 Å².